The van der Waals surface area contributed by atoms with Crippen LogP contribution in [0.2, 0.25) is 0 Å². The van der Waals surface area contributed by atoms with Crippen molar-refractivity contribution in [3.63, 3.8) is 0 Å². The second-order valence-corrected chi connectivity index (χ2v) is 6.02. The predicted octanol–water partition coefficient (Wildman–Crippen LogP) is 2.09. The minimum atomic E-state index is -0.530. The monoisotopic (exact) mass is 321 g/mol. The van der Waals surface area contributed by atoms with Gasteiger partial charge in [-0.15, -0.1) is 0 Å². The topological polar surface area (TPSA) is 59.0 Å². The fraction of sp³-hybridized carbons (Fsp3) is 0.611. The summed E-state index contributed by atoms with van der Waals surface area (Å²) in [7, 11) is 0. The first-order chi connectivity index (χ1) is 11.2. The fourth-order valence-electron chi connectivity index (χ4n) is 3.20. The summed E-state index contributed by atoms with van der Waals surface area (Å²) in [4.78, 5) is 14.7. The summed E-state index contributed by atoms with van der Waals surface area (Å²) in [5.41, 5.74) is -0.530. The molecule has 0 saturated carbocycles. The molecule has 0 bridgehead atoms. The number of likely N-dealkylation sites (tertiary alicyclic amines) is 1. The Morgan fingerprint density at radius 1 is 1.35 bits per heavy atom. The van der Waals surface area contributed by atoms with Crippen molar-refractivity contribution in [3.05, 3.63) is 30.3 Å². The Bertz CT molecular complexity index is 477. The zero-order valence-corrected chi connectivity index (χ0v) is 13.9. The average Bonchev–Trinajstić information content (AvgIpc) is 2.57. The highest BCUT2D eigenvalue weighted by Gasteiger charge is 2.43. The van der Waals surface area contributed by atoms with E-state index < -0.39 is 5.41 Å². The number of para-hydroxylation sites is 1. The van der Waals surface area contributed by atoms with Gasteiger partial charge >= 0.3 is 5.97 Å². The SMILES string of the molecule is CCOC(=O)[C@]1(CCOc2ccccc2)CCCN(CCO)C1. The Morgan fingerprint density at radius 3 is 2.83 bits per heavy atom. The molecule has 1 N–H and O–H groups in total. The van der Waals surface area contributed by atoms with Gasteiger partial charge in [-0.25, -0.2) is 0 Å². The van der Waals surface area contributed by atoms with Gasteiger partial charge in [-0.1, -0.05) is 18.2 Å². The van der Waals surface area contributed by atoms with Crippen LogP contribution in [0.3, 0.4) is 0 Å². The summed E-state index contributed by atoms with van der Waals surface area (Å²) in [5, 5.41) is 9.17. The molecule has 1 aromatic carbocycles. The Morgan fingerprint density at radius 2 is 2.13 bits per heavy atom. The number of carbonyl (C=O) groups is 1. The van der Waals surface area contributed by atoms with E-state index in [0.717, 1.165) is 25.1 Å². The van der Waals surface area contributed by atoms with Crippen molar-refractivity contribution in [2.24, 2.45) is 5.41 Å². The lowest BCUT2D eigenvalue weighted by molar-refractivity contribution is -0.160. The van der Waals surface area contributed by atoms with E-state index in [0.29, 0.717) is 32.7 Å². The number of piperidine rings is 1. The van der Waals surface area contributed by atoms with Crippen LogP contribution in [0.15, 0.2) is 30.3 Å². The van der Waals surface area contributed by atoms with Crippen LogP contribution in [0.25, 0.3) is 0 Å². The van der Waals surface area contributed by atoms with Gasteiger partial charge in [-0.05, 0) is 44.9 Å². The number of aliphatic hydroxyl groups is 1. The lowest BCUT2D eigenvalue weighted by atomic mass is 9.77. The third-order valence-corrected chi connectivity index (χ3v) is 4.37. The van der Waals surface area contributed by atoms with Crippen LogP contribution in [-0.4, -0.2) is 55.4 Å². The van der Waals surface area contributed by atoms with Gasteiger partial charge in [-0.2, -0.15) is 0 Å². The first-order valence-electron chi connectivity index (χ1n) is 8.38. The van der Waals surface area contributed by atoms with Crippen LogP contribution in [0.5, 0.6) is 5.75 Å². The van der Waals surface area contributed by atoms with Crippen molar-refractivity contribution in [3.8, 4) is 5.75 Å². The van der Waals surface area contributed by atoms with Crippen molar-refractivity contribution in [2.45, 2.75) is 26.2 Å². The fourth-order valence-corrected chi connectivity index (χ4v) is 3.20. The van der Waals surface area contributed by atoms with E-state index in [-0.39, 0.29) is 12.6 Å². The molecule has 1 aliphatic heterocycles. The van der Waals surface area contributed by atoms with Gasteiger partial charge in [0.05, 0.1) is 25.2 Å². The first-order valence-corrected chi connectivity index (χ1v) is 8.38. The van der Waals surface area contributed by atoms with Gasteiger partial charge in [0.25, 0.3) is 0 Å². The van der Waals surface area contributed by atoms with Gasteiger partial charge < -0.3 is 14.6 Å². The minimum absolute atomic E-state index is 0.111. The van der Waals surface area contributed by atoms with Crippen molar-refractivity contribution in [1.29, 1.82) is 0 Å². The molecule has 1 fully saturated rings. The number of β-amino-alcohol motifs (C(OH)–C–C–N with tert-alkyl or cyclic N) is 1. The summed E-state index contributed by atoms with van der Waals surface area (Å²) >= 11 is 0. The van der Waals surface area contributed by atoms with E-state index in [4.69, 9.17) is 9.47 Å². The summed E-state index contributed by atoms with van der Waals surface area (Å²) in [6.45, 7) is 4.96. The van der Waals surface area contributed by atoms with Crippen LogP contribution in [0, 0.1) is 5.41 Å². The molecule has 1 aromatic rings. The molecular formula is C18H27NO4. The second kappa shape index (κ2) is 8.89. The molecule has 0 radical (unpaired) electrons. The van der Waals surface area contributed by atoms with Crippen LogP contribution < -0.4 is 4.74 Å². The molecule has 2 rings (SSSR count). The highest BCUT2D eigenvalue weighted by atomic mass is 16.5. The van der Waals surface area contributed by atoms with E-state index >= 15 is 0 Å². The summed E-state index contributed by atoms with van der Waals surface area (Å²) in [6, 6.07) is 9.63. The highest BCUT2D eigenvalue weighted by Crippen LogP contribution is 2.35. The molecule has 5 heteroatoms. The maximum absolute atomic E-state index is 12.5. The van der Waals surface area contributed by atoms with Gasteiger partial charge in [0, 0.05) is 13.1 Å². The Balaban J connectivity index is 2.00. The number of benzene rings is 1. The Labute approximate surface area is 138 Å². The minimum Gasteiger partial charge on any atom is -0.494 e. The van der Waals surface area contributed by atoms with Crippen molar-refractivity contribution < 1.29 is 19.4 Å². The smallest absolute Gasteiger partial charge is 0.313 e. The molecule has 5 nitrogen and oxygen atoms in total. The number of esters is 1. The molecule has 0 amide bonds. The molecule has 23 heavy (non-hydrogen) atoms. The van der Waals surface area contributed by atoms with Crippen molar-refractivity contribution in [1.82, 2.24) is 4.90 Å². The molecule has 0 spiro atoms. The van der Waals surface area contributed by atoms with Gasteiger partial charge in [-0.3, -0.25) is 9.69 Å². The van der Waals surface area contributed by atoms with E-state index in [9.17, 15) is 9.90 Å². The van der Waals surface area contributed by atoms with Gasteiger partial charge in [0.15, 0.2) is 0 Å². The van der Waals surface area contributed by atoms with Crippen molar-refractivity contribution in [2.75, 3.05) is 39.5 Å². The maximum Gasteiger partial charge on any atom is 0.313 e. The molecular weight excluding hydrogens is 294 g/mol. The largest absolute Gasteiger partial charge is 0.494 e. The summed E-state index contributed by atoms with van der Waals surface area (Å²) < 4.78 is 11.1. The van der Waals surface area contributed by atoms with Crippen LogP contribution in [0.4, 0.5) is 0 Å². The number of nitrogens with zero attached hydrogens (tertiary/aromatic N) is 1. The van der Waals surface area contributed by atoms with E-state index in [2.05, 4.69) is 4.90 Å². The second-order valence-electron chi connectivity index (χ2n) is 6.02. The van der Waals surface area contributed by atoms with Crippen LogP contribution in [0.1, 0.15) is 26.2 Å². The van der Waals surface area contributed by atoms with Gasteiger partial charge in [0.2, 0.25) is 0 Å². The molecule has 1 heterocycles. The van der Waals surface area contributed by atoms with Crippen LogP contribution in [-0.2, 0) is 9.53 Å². The van der Waals surface area contributed by atoms with Crippen LogP contribution >= 0.6 is 0 Å². The predicted molar refractivity (Wildman–Crippen MR) is 88.4 cm³/mol. The standard InChI is InChI=1S/C18H27NO4/c1-2-22-17(21)18(9-6-11-19(15-18)12-13-20)10-14-23-16-7-4-3-5-8-16/h3-5,7-8,20H,2,6,9-15H2,1H3/t18-/m0/s1. The number of ether oxygens (including phenoxy) is 2. The number of carbonyl (C=O) groups excluding carboxylic acids is 1. The Hall–Kier alpha value is -1.59. The molecule has 1 atom stereocenters. The average molecular weight is 321 g/mol. The first kappa shape index (κ1) is 17.8. The summed E-state index contributed by atoms with van der Waals surface area (Å²) in [5.74, 6) is 0.675. The quantitative estimate of drug-likeness (QED) is 0.743. The number of aliphatic hydroxyl groups excluding tert-OH is 1. The zero-order chi connectivity index (χ0) is 16.5. The maximum atomic E-state index is 12.5. The molecule has 0 aliphatic carbocycles. The molecule has 0 unspecified atom stereocenters. The highest BCUT2D eigenvalue weighted by molar-refractivity contribution is 5.77. The number of hydrogen-bond donors (Lipinski definition) is 1. The molecule has 0 aromatic heterocycles. The zero-order valence-electron chi connectivity index (χ0n) is 13.9. The van der Waals surface area contributed by atoms with Gasteiger partial charge in [0.1, 0.15) is 5.75 Å². The van der Waals surface area contributed by atoms with E-state index in [1.165, 1.54) is 0 Å². The summed E-state index contributed by atoms with van der Waals surface area (Å²) in [6.07, 6.45) is 2.37. The number of hydrogen-bond acceptors (Lipinski definition) is 5. The van der Waals surface area contributed by atoms with E-state index in [1.807, 2.05) is 37.3 Å². The Kier molecular flexibility index (Phi) is 6.86. The third-order valence-electron chi connectivity index (χ3n) is 4.37. The number of rotatable bonds is 8. The molecule has 1 aliphatic rings. The molecule has 1 saturated heterocycles. The normalized spacial score (nSPS) is 21.8. The third kappa shape index (κ3) is 4.94. The lowest BCUT2D eigenvalue weighted by Gasteiger charge is -2.40. The van der Waals surface area contributed by atoms with Crippen molar-refractivity contribution >= 4 is 5.97 Å². The molecule has 128 valence electrons. The van der Waals surface area contributed by atoms with E-state index in [1.54, 1.807) is 0 Å². The lowest BCUT2D eigenvalue weighted by Crippen LogP contribution is -2.50.